The van der Waals surface area contributed by atoms with Crippen LogP contribution in [0.2, 0.25) is 0 Å². The molecule has 1 aromatic heterocycles. The molecule has 7 heteroatoms. The van der Waals surface area contributed by atoms with Crippen LogP contribution in [-0.4, -0.2) is 34.0 Å². The van der Waals surface area contributed by atoms with E-state index in [9.17, 15) is 14.4 Å². The normalized spacial score (nSPS) is 15.1. The quantitative estimate of drug-likeness (QED) is 0.302. The van der Waals surface area contributed by atoms with Crippen molar-refractivity contribution in [2.24, 2.45) is 4.99 Å². The van der Waals surface area contributed by atoms with Gasteiger partial charge in [0.2, 0.25) is 0 Å². The van der Waals surface area contributed by atoms with Gasteiger partial charge in [-0.3, -0.25) is 9.98 Å². The molecule has 3 rings (SSSR count). The van der Waals surface area contributed by atoms with Crippen LogP contribution in [0.3, 0.4) is 0 Å². The van der Waals surface area contributed by atoms with E-state index in [-0.39, 0.29) is 42.0 Å². The van der Waals surface area contributed by atoms with E-state index >= 15 is 0 Å². The van der Waals surface area contributed by atoms with Gasteiger partial charge in [-0.15, -0.1) is 0 Å². The molecule has 24 heavy (non-hydrogen) atoms. The Hall–Kier alpha value is -2.40. The Kier molecular flexibility index (Phi) is 5.57. The number of rotatable bonds is 1. The summed E-state index contributed by atoms with van der Waals surface area (Å²) in [5.74, 6) is 5.05. The largest absolute Gasteiger partial charge is 0.257 e. The number of hydrogen-bond donors (Lipinski definition) is 0. The molecule has 1 unspecified atom stereocenters. The number of nitrogens with zero attached hydrogens (tertiary/aromatic N) is 2. The molecule has 1 aliphatic rings. The minimum atomic E-state index is -1.04. The molecule has 0 N–H and O–H groups in total. The molecule has 0 bridgehead atoms. The van der Waals surface area contributed by atoms with Gasteiger partial charge in [-0.1, -0.05) is 23.7 Å². The van der Waals surface area contributed by atoms with Crippen molar-refractivity contribution < 1.29 is 34.8 Å². The maximum atomic E-state index is 11.3. The summed E-state index contributed by atoms with van der Waals surface area (Å²) in [6.07, 6.45) is 1.59. The first-order chi connectivity index (χ1) is 11.2. The summed E-state index contributed by atoms with van der Waals surface area (Å²) in [7, 11) is 0. The number of hydrogen-bond acceptors (Lipinski definition) is 5. The van der Waals surface area contributed by atoms with Gasteiger partial charge in [-0.2, -0.15) is 0 Å². The fourth-order valence-electron chi connectivity index (χ4n) is 2.44. The SMILES string of the molecule is O=C=C1c2c(ccc(=C=O)c2=C=O)C(c2ccccn2)=NC1Cl.[Re]. The molecule has 1 atom stereocenters. The molecule has 1 aliphatic heterocycles. The van der Waals surface area contributed by atoms with Crippen molar-refractivity contribution in [3.63, 3.8) is 0 Å². The number of carbonyl (C=O) groups excluding carboxylic acids is 3. The van der Waals surface area contributed by atoms with Gasteiger partial charge in [0.25, 0.3) is 0 Å². The fraction of sp³-hybridized carbons (Fsp3) is 0.0588. The molecule has 0 saturated heterocycles. The summed E-state index contributed by atoms with van der Waals surface area (Å²) in [4.78, 5) is 42.1. The summed E-state index contributed by atoms with van der Waals surface area (Å²) >= 11 is 6.14. The first-order valence-corrected chi connectivity index (χ1v) is 6.97. The Morgan fingerprint density at radius 1 is 1.00 bits per heavy atom. The zero-order valence-corrected chi connectivity index (χ0v) is 15.4. The standard InChI is InChI=1S/C17H7ClN2O3.Re/c18-17-13(9-23)15-11(5-4-10(7-21)12(15)8-22)16(20-17)14-3-1-2-6-19-14;/h1-6,17H;. The average molecular weight is 509 g/mol. The Morgan fingerprint density at radius 2 is 1.79 bits per heavy atom. The van der Waals surface area contributed by atoms with Gasteiger partial charge in [0.05, 0.1) is 27.4 Å². The summed E-state index contributed by atoms with van der Waals surface area (Å²) in [5, 5.41) is -0.0810. The van der Waals surface area contributed by atoms with Crippen LogP contribution < -0.4 is 10.4 Å². The first-order valence-electron chi connectivity index (χ1n) is 6.53. The Labute approximate surface area is 154 Å². The second-order valence-electron chi connectivity index (χ2n) is 4.66. The van der Waals surface area contributed by atoms with Gasteiger partial charge in [-0.05, 0) is 18.2 Å². The van der Waals surface area contributed by atoms with Gasteiger partial charge in [0.1, 0.15) is 17.8 Å². The van der Waals surface area contributed by atoms with E-state index in [4.69, 9.17) is 11.6 Å². The summed E-state index contributed by atoms with van der Waals surface area (Å²) in [6.45, 7) is 0. The molecule has 1 radical (unpaired) electrons. The monoisotopic (exact) mass is 509 g/mol. The maximum absolute atomic E-state index is 11.3. The van der Waals surface area contributed by atoms with Crippen molar-refractivity contribution in [2.45, 2.75) is 5.50 Å². The number of aromatic nitrogens is 1. The predicted octanol–water partition coefficient (Wildman–Crippen LogP) is -0.284. The van der Waals surface area contributed by atoms with Gasteiger partial charge < -0.3 is 0 Å². The van der Waals surface area contributed by atoms with Gasteiger partial charge >= 0.3 is 0 Å². The molecule has 0 spiro atoms. The van der Waals surface area contributed by atoms with Crippen LogP contribution in [0.15, 0.2) is 41.5 Å². The molecule has 2 aromatic rings. The topological polar surface area (TPSA) is 76.5 Å². The fourth-order valence-corrected chi connectivity index (χ4v) is 2.70. The molecule has 0 aliphatic carbocycles. The van der Waals surface area contributed by atoms with E-state index < -0.39 is 5.50 Å². The minimum Gasteiger partial charge on any atom is -0.257 e. The summed E-state index contributed by atoms with van der Waals surface area (Å²) in [6, 6.07) is 8.24. The Morgan fingerprint density at radius 3 is 2.38 bits per heavy atom. The van der Waals surface area contributed by atoms with Gasteiger partial charge in [-0.25, -0.2) is 14.4 Å². The molecule has 0 saturated carbocycles. The van der Waals surface area contributed by atoms with Crippen LogP contribution in [0, 0.1) is 0 Å². The molecular formula is C17H7ClN2O3Re. The van der Waals surface area contributed by atoms with Crippen molar-refractivity contribution in [1.82, 2.24) is 4.98 Å². The number of halogens is 1. The van der Waals surface area contributed by atoms with E-state index in [0.717, 1.165) is 0 Å². The van der Waals surface area contributed by atoms with Crippen LogP contribution in [0.5, 0.6) is 0 Å². The van der Waals surface area contributed by atoms with E-state index in [0.29, 0.717) is 17.0 Å². The third-order valence-electron chi connectivity index (χ3n) is 3.44. The van der Waals surface area contributed by atoms with Crippen molar-refractivity contribution >= 4 is 40.7 Å². The van der Waals surface area contributed by atoms with E-state index in [1.165, 1.54) is 6.07 Å². The van der Waals surface area contributed by atoms with Crippen LogP contribution in [0.4, 0.5) is 0 Å². The smallest absolute Gasteiger partial charge is 0.160 e. The van der Waals surface area contributed by atoms with Crippen LogP contribution in [0.1, 0.15) is 16.8 Å². The van der Waals surface area contributed by atoms with Crippen LogP contribution in [-0.2, 0) is 34.8 Å². The molecule has 0 fully saturated rings. The molecule has 5 nitrogen and oxygen atoms in total. The first kappa shape index (κ1) is 17.9. The van der Waals surface area contributed by atoms with Gasteiger partial charge in [0.15, 0.2) is 5.50 Å². The molecule has 0 amide bonds. The Balaban J connectivity index is 0.00000208. The van der Waals surface area contributed by atoms with Crippen LogP contribution in [0.25, 0.3) is 5.57 Å². The number of fused-ring (bicyclic) bond motifs is 1. The van der Waals surface area contributed by atoms with Crippen molar-refractivity contribution in [1.29, 1.82) is 0 Å². The number of alkyl halides is 1. The molecular weight excluding hydrogens is 502 g/mol. The second kappa shape index (κ2) is 7.45. The zero-order valence-electron chi connectivity index (χ0n) is 11.9. The maximum Gasteiger partial charge on any atom is 0.160 e. The molecule has 2 heterocycles. The predicted molar refractivity (Wildman–Crippen MR) is 83.9 cm³/mol. The second-order valence-corrected chi connectivity index (χ2v) is 5.07. The average Bonchev–Trinajstić information content (AvgIpc) is 2.60. The van der Waals surface area contributed by atoms with Crippen LogP contribution >= 0.6 is 11.6 Å². The van der Waals surface area contributed by atoms with Crippen molar-refractivity contribution in [2.75, 3.05) is 0 Å². The van der Waals surface area contributed by atoms with Crippen molar-refractivity contribution in [3.05, 3.63) is 63.8 Å². The van der Waals surface area contributed by atoms with E-state index in [2.05, 4.69) is 9.98 Å². The Bertz CT molecular complexity index is 1050. The molecule has 117 valence electrons. The third-order valence-corrected chi connectivity index (χ3v) is 3.76. The minimum absolute atomic E-state index is 0. The van der Waals surface area contributed by atoms with Crippen molar-refractivity contribution in [3.8, 4) is 0 Å². The number of aliphatic imine (C=N–C) groups is 1. The summed E-state index contributed by atoms with van der Waals surface area (Å²) < 4.78 is 0. The number of benzene rings is 1. The van der Waals surface area contributed by atoms with E-state index in [1.54, 1.807) is 48.3 Å². The summed E-state index contributed by atoms with van der Waals surface area (Å²) in [5.41, 5.74) is 0.572. The van der Waals surface area contributed by atoms with E-state index in [1.807, 2.05) is 0 Å². The van der Waals surface area contributed by atoms with Gasteiger partial charge in [0, 0.05) is 37.7 Å². The number of pyridine rings is 1. The molecule has 1 aromatic carbocycles. The third kappa shape index (κ3) is 2.87. The zero-order chi connectivity index (χ0) is 16.4.